The van der Waals surface area contributed by atoms with Gasteiger partial charge in [0.25, 0.3) is 0 Å². The van der Waals surface area contributed by atoms with E-state index in [2.05, 4.69) is 0 Å². The first-order chi connectivity index (χ1) is 8.96. The molecule has 3 nitrogen and oxygen atoms in total. The van der Waals surface area contributed by atoms with Crippen molar-refractivity contribution in [2.75, 3.05) is 19.6 Å². The molecule has 1 aliphatic rings. The second-order valence-electron chi connectivity index (χ2n) is 5.58. The van der Waals surface area contributed by atoms with Crippen molar-refractivity contribution < 1.29 is 14.3 Å². The van der Waals surface area contributed by atoms with E-state index >= 15 is 0 Å². The Labute approximate surface area is 113 Å². The molecule has 104 valence electrons. The third-order valence-electron chi connectivity index (χ3n) is 3.68. The van der Waals surface area contributed by atoms with Gasteiger partial charge in [0, 0.05) is 19.5 Å². The molecule has 0 spiro atoms. The van der Waals surface area contributed by atoms with Crippen LogP contribution in [0.3, 0.4) is 0 Å². The number of likely N-dealkylation sites (tertiary alicyclic amines) is 1. The molecule has 4 heteroatoms. The summed E-state index contributed by atoms with van der Waals surface area (Å²) in [5.74, 6) is -0.302. The monoisotopic (exact) mass is 265 g/mol. The highest BCUT2D eigenvalue weighted by atomic mass is 19.1. The maximum Gasteiger partial charge on any atom is 0.151 e. The normalized spacial score (nSPS) is 19.3. The summed E-state index contributed by atoms with van der Waals surface area (Å²) < 4.78 is 13.4. The zero-order valence-corrected chi connectivity index (χ0v) is 11.2. The van der Waals surface area contributed by atoms with E-state index in [9.17, 15) is 14.3 Å². The molecule has 0 aliphatic carbocycles. The van der Waals surface area contributed by atoms with Gasteiger partial charge in [0.15, 0.2) is 5.78 Å². The Hall–Kier alpha value is -1.26. The lowest BCUT2D eigenvalue weighted by Crippen LogP contribution is -2.44. The number of Topliss-reactive ketones (excluding diaryl/α,β-unsaturated/α-hetero) is 1. The number of hydrogen-bond donors (Lipinski definition) is 1. The third kappa shape index (κ3) is 4.11. The lowest BCUT2D eigenvalue weighted by atomic mass is 9.93. The quantitative estimate of drug-likeness (QED) is 0.902. The fourth-order valence-electron chi connectivity index (χ4n) is 2.35. The minimum Gasteiger partial charge on any atom is -0.390 e. The van der Waals surface area contributed by atoms with Crippen LogP contribution >= 0.6 is 0 Å². The Morgan fingerprint density at radius 1 is 1.37 bits per heavy atom. The molecule has 0 aromatic heterocycles. The minimum atomic E-state index is -0.606. The minimum absolute atomic E-state index is 0.0200. The molecule has 0 amide bonds. The number of benzene rings is 1. The Kier molecular flexibility index (Phi) is 4.32. The molecule has 2 rings (SSSR count). The molecule has 1 aromatic rings. The van der Waals surface area contributed by atoms with Gasteiger partial charge in [-0.05, 0) is 31.4 Å². The molecule has 19 heavy (non-hydrogen) atoms. The van der Waals surface area contributed by atoms with E-state index in [4.69, 9.17) is 0 Å². The number of carbonyl (C=O) groups excluding carboxylic acids is 1. The number of nitrogens with zero attached hydrogens (tertiary/aromatic N) is 1. The average molecular weight is 265 g/mol. The van der Waals surface area contributed by atoms with Gasteiger partial charge in [0.2, 0.25) is 0 Å². The van der Waals surface area contributed by atoms with E-state index in [0.717, 1.165) is 13.1 Å². The second kappa shape index (κ2) is 5.80. The van der Waals surface area contributed by atoms with Gasteiger partial charge in [-0.1, -0.05) is 18.2 Å². The van der Waals surface area contributed by atoms with Crippen molar-refractivity contribution in [3.63, 3.8) is 0 Å². The molecule has 1 N–H and O–H groups in total. The molecule has 1 aromatic carbocycles. The SMILES string of the molecule is CC1(O)CCN(CC(=O)Cc2ccccc2F)CC1. The van der Waals surface area contributed by atoms with Gasteiger partial charge in [-0.15, -0.1) is 0 Å². The van der Waals surface area contributed by atoms with Gasteiger partial charge >= 0.3 is 0 Å². The van der Waals surface area contributed by atoms with Gasteiger partial charge < -0.3 is 5.11 Å². The van der Waals surface area contributed by atoms with Crippen molar-refractivity contribution in [3.05, 3.63) is 35.6 Å². The van der Waals surface area contributed by atoms with E-state index in [1.54, 1.807) is 18.2 Å². The number of hydrogen-bond acceptors (Lipinski definition) is 3. The number of halogens is 1. The maximum absolute atomic E-state index is 13.4. The van der Waals surface area contributed by atoms with Crippen LogP contribution < -0.4 is 0 Å². The third-order valence-corrected chi connectivity index (χ3v) is 3.68. The number of piperidine rings is 1. The van der Waals surface area contributed by atoms with E-state index in [-0.39, 0.29) is 18.0 Å². The summed E-state index contributed by atoms with van der Waals surface area (Å²) in [4.78, 5) is 14.0. The summed E-state index contributed by atoms with van der Waals surface area (Å²) >= 11 is 0. The topological polar surface area (TPSA) is 40.5 Å². The Morgan fingerprint density at radius 2 is 2.00 bits per heavy atom. The predicted molar refractivity (Wildman–Crippen MR) is 71.4 cm³/mol. The maximum atomic E-state index is 13.4. The summed E-state index contributed by atoms with van der Waals surface area (Å²) in [6, 6.07) is 6.38. The van der Waals surface area contributed by atoms with Gasteiger partial charge in [-0.3, -0.25) is 9.69 Å². The van der Waals surface area contributed by atoms with Crippen LogP contribution in [0, 0.1) is 5.82 Å². The summed E-state index contributed by atoms with van der Waals surface area (Å²) in [5, 5.41) is 9.84. The van der Waals surface area contributed by atoms with E-state index in [1.165, 1.54) is 6.07 Å². The number of ketones is 1. The number of carbonyl (C=O) groups is 1. The molecule has 1 fully saturated rings. The summed E-state index contributed by atoms with van der Waals surface area (Å²) in [7, 11) is 0. The smallest absolute Gasteiger partial charge is 0.151 e. The van der Waals surface area contributed by atoms with Gasteiger partial charge in [-0.25, -0.2) is 4.39 Å². The molecular weight excluding hydrogens is 245 g/mol. The predicted octanol–water partition coefficient (Wildman–Crippen LogP) is 1.78. The fourth-order valence-corrected chi connectivity index (χ4v) is 2.35. The highest BCUT2D eigenvalue weighted by Crippen LogP contribution is 2.21. The van der Waals surface area contributed by atoms with Crippen LogP contribution in [0.15, 0.2) is 24.3 Å². The largest absolute Gasteiger partial charge is 0.390 e. The summed E-state index contributed by atoms with van der Waals surface area (Å²) in [6.45, 7) is 3.60. The zero-order valence-electron chi connectivity index (χ0n) is 11.2. The van der Waals surface area contributed by atoms with Crippen molar-refractivity contribution in [3.8, 4) is 0 Å². The highest BCUT2D eigenvalue weighted by Gasteiger charge is 2.27. The fraction of sp³-hybridized carbons (Fsp3) is 0.533. The van der Waals surface area contributed by atoms with E-state index in [1.807, 2.05) is 11.8 Å². The Balaban J connectivity index is 1.84. The van der Waals surface area contributed by atoms with E-state index < -0.39 is 5.60 Å². The molecule has 0 saturated carbocycles. The highest BCUT2D eigenvalue weighted by molar-refractivity contribution is 5.82. The first kappa shape index (κ1) is 14.2. The Morgan fingerprint density at radius 3 is 2.63 bits per heavy atom. The molecular formula is C15H20FNO2. The first-order valence-corrected chi connectivity index (χ1v) is 6.66. The van der Waals surface area contributed by atoms with Crippen molar-refractivity contribution in [2.24, 2.45) is 0 Å². The van der Waals surface area contributed by atoms with Crippen LogP contribution in [-0.4, -0.2) is 41.0 Å². The van der Waals surface area contributed by atoms with Crippen LogP contribution in [0.4, 0.5) is 4.39 Å². The molecule has 1 saturated heterocycles. The first-order valence-electron chi connectivity index (χ1n) is 6.66. The van der Waals surface area contributed by atoms with Crippen molar-refractivity contribution >= 4 is 5.78 Å². The number of rotatable bonds is 4. The van der Waals surface area contributed by atoms with Crippen LogP contribution in [0.25, 0.3) is 0 Å². The van der Waals surface area contributed by atoms with Crippen molar-refractivity contribution in [1.82, 2.24) is 4.90 Å². The number of aliphatic hydroxyl groups is 1. The molecule has 0 atom stereocenters. The molecule has 1 aliphatic heterocycles. The van der Waals surface area contributed by atoms with Crippen LogP contribution in [0.1, 0.15) is 25.3 Å². The van der Waals surface area contributed by atoms with Gasteiger partial charge in [-0.2, -0.15) is 0 Å². The second-order valence-corrected chi connectivity index (χ2v) is 5.58. The zero-order chi connectivity index (χ0) is 13.9. The van der Waals surface area contributed by atoms with Crippen LogP contribution in [-0.2, 0) is 11.2 Å². The molecule has 1 heterocycles. The van der Waals surface area contributed by atoms with Crippen LogP contribution in [0.2, 0.25) is 0 Å². The van der Waals surface area contributed by atoms with Crippen LogP contribution in [0.5, 0.6) is 0 Å². The summed E-state index contributed by atoms with van der Waals surface area (Å²) in [6.07, 6.45) is 1.50. The molecule has 0 unspecified atom stereocenters. The van der Waals surface area contributed by atoms with Crippen molar-refractivity contribution in [2.45, 2.75) is 31.8 Å². The van der Waals surface area contributed by atoms with Gasteiger partial charge in [0.05, 0.1) is 12.1 Å². The lowest BCUT2D eigenvalue weighted by molar-refractivity contribution is -0.120. The molecule has 0 radical (unpaired) electrons. The summed E-state index contributed by atoms with van der Waals surface area (Å²) in [5.41, 5.74) is -0.151. The standard InChI is InChI=1S/C15H20FNO2/c1-15(19)6-8-17(9-7-15)11-13(18)10-12-4-2-3-5-14(12)16/h2-5,19H,6-11H2,1H3. The average Bonchev–Trinajstić information content (AvgIpc) is 2.35. The lowest BCUT2D eigenvalue weighted by Gasteiger charge is -2.35. The van der Waals surface area contributed by atoms with Crippen molar-refractivity contribution in [1.29, 1.82) is 0 Å². The van der Waals surface area contributed by atoms with E-state index in [0.29, 0.717) is 24.9 Å². The van der Waals surface area contributed by atoms with Gasteiger partial charge in [0.1, 0.15) is 5.82 Å². The Bertz CT molecular complexity index is 449. The molecule has 0 bridgehead atoms.